The van der Waals surface area contributed by atoms with Crippen LogP contribution in [-0.4, -0.2) is 86.4 Å². The van der Waals surface area contributed by atoms with Gasteiger partial charge >= 0.3 is 16.3 Å². The van der Waals surface area contributed by atoms with E-state index in [0.29, 0.717) is 19.4 Å². The van der Waals surface area contributed by atoms with Crippen molar-refractivity contribution >= 4 is 50.1 Å². The summed E-state index contributed by atoms with van der Waals surface area (Å²) in [6.45, 7) is 2.08. The Balaban J connectivity index is 1.56. The number of Topliss-reactive ketones (excluding diaryl/α,β-unsaturated/α-hetero) is 1. The fourth-order valence-electron chi connectivity index (χ4n) is 4.46. The first-order valence-corrected chi connectivity index (χ1v) is 13.0. The van der Waals surface area contributed by atoms with Gasteiger partial charge in [0.25, 0.3) is 0 Å². The summed E-state index contributed by atoms with van der Waals surface area (Å²) in [6.07, 6.45) is 1.34. The lowest BCUT2D eigenvalue weighted by molar-refractivity contribution is -0.153. The summed E-state index contributed by atoms with van der Waals surface area (Å²) in [6, 6.07) is -1.51. The summed E-state index contributed by atoms with van der Waals surface area (Å²) in [4.78, 5) is 47.6. The molecule has 3 heterocycles. The van der Waals surface area contributed by atoms with E-state index in [1.165, 1.54) is 10.3 Å². The van der Waals surface area contributed by atoms with Crippen molar-refractivity contribution in [2.75, 3.05) is 18.8 Å². The molecule has 1 saturated carbocycles. The molecule has 4 N–H and O–H groups in total. The maximum absolute atomic E-state index is 13.3. The molecule has 3 aliphatic rings. The lowest BCUT2D eigenvalue weighted by atomic mass is 9.79. The van der Waals surface area contributed by atoms with Crippen LogP contribution in [0.1, 0.15) is 44.7 Å². The van der Waals surface area contributed by atoms with E-state index in [2.05, 4.69) is 10.1 Å². The Labute approximate surface area is 199 Å². The molecule has 2 aliphatic heterocycles. The van der Waals surface area contributed by atoms with Gasteiger partial charge in [-0.3, -0.25) is 14.1 Å². The number of aromatic nitrogens is 1. The molecule has 1 amide bonds. The third-order valence-corrected chi connectivity index (χ3v) is 8.35. The number of oxime groups is 1. The van der Waals surface area contributed by atoms with Crippen LogP contribution in [0.3, 0.4) is 0 Å². The zero-order valence-corrected chi connectivity index (χ0v) is 19.9. The van der Waals surface area contributed by atoms with E-state index >= 15 is 0 Å². The number of amides is 1. The molecular formula is C19H25N5O8S2. The molecule has 4 rings (SSSR count). The number of ketones is 1. The van der Waals surface area contributed by atoms with Crippen LogP contribution in [0.5, 0.6) is 0 Å². The number of carbonyl (C=O) groups is 3. The van der Waals surface area contributed by atoms with Gasteiger partial charge in [-0.15, -0.1) is 11.3 Å². The first-order valence-electron chi connectivity index (χ1n) is 10.7. The number of nitrogens with two attached hydrogens (primary N) is 1. The highest BCUT2D eigenvalue weighted by atomic mass is 32.2. The van der Waals surface area contributed by atoms with Crippen LogP contribution in [0.15, 0.2) is 10.5 Å². The average Bonchev–Trinajstić information content (AvgIpc) is 3.26. The maximum atomic E-state index is 13.3. The second kappa shape index (κ2) is 8.87. The van der Waals surface area contributed by atoms with Gasteiger partial charge in [0, 0.05) is 62.2 Å². The number of anilines is 1. The first kappa shape index (κ1) is 24.5. The topological polar surface area (TPSA) is 193 Å². The lowest BCUT2D eigenvalue weighted by Gasteiger charge is -2.52. The molecule has 0 spiro atoms. The normalized spacial score (nSPS) is 26.9. The SMILES string of the molecule is CC1[C@@H](CC(=O)/C(=N\OC2(C(=O)O)CC2)c2csc(N)n2)[C@@H](CN2CCCC2=O)N1S(=O)(=O)O. The minimum atomic E-state index is -4.56. The lowest BCUT2D eigenvalue weighted by Crippen LogP contribution is -2.68. The number of likely N-dealkylation sites (tertiary alicyclic amines) is 1. The summed E-state index contributed by atoms with van der Waals surface area (Å²) in [7, 11) is -4.56. The molecule has 2 saturated heterocycles. The Hall–Kier alpha value is -2.62. The first-order chi connectivity index (χ1) is 15.9. The summed E-state index contributed by atoms with van der Waals surface area (Å²) >= 11 is 1.07. The summed E-state index contributed by atoms with van der Waals surface area (Å²) in [5, 5.41) is 14.8. The van der Waals surface area contributed by atoms with Crippen LogP contribution in [0.4, 0.5) is 5.13 Å². The van der Waals surface area contributed by atoms with Gasteiger partial charge in [0.1, 0.15) is 5.69 Å². The number of rotatable bonds is 10. The summed E-state index contributed by atoms with van der Waals surface area (Å²) < 4.78 is 34.4. The Morgan fingerprint density at radius 3 is 2.62 bits per heavy atom. The van der Waals surface area contributed by atoms with Gasteiger partial charge in [-0.05, 0) is 13.3 Å². The number of carboxylic acids is 1. The average molecular weight is 516 g/mol. The molecule has 186 valence electrons. The largest absolute Gasteiger partial charge is 0.478 e. The van der Waals surface area contributed by atoms with Crippen molar-refractivity contribution in [1.82, 2.24) is 14.2 Å². The monoisotopic (exact) mass is 515 g/mol. The van der Waals surface area contributed by atoms with Crippen LogP contribution in [0, 0.1) is 5.92 Å². The van der Waals surface area contributed by atoms with Crippen molar-refractivity contribution in [3.05, 3.63) is 11.1 Å². The Morgan fingerprint density at radius 2 is 2.12 bits per heavy atom. The van der Waals surface area contributed by atoms with Crippen LogP contribution < -0.4 is 5.73 Å². The molecular weight excluding hydrogens is 490 g/mol. The highest BCUT2D eigenvalue weighted by Crippen LogP contribution is 2.41. The van der Waals surface area contributed by atoms with Crippen molar-refractivity contribution < 1.29 is 37.3 Å². The molecule has 3 atom stereocenters. The number of nitrogen functional groups attached to an aromatic ring is 1. The van der Waals surface area contributed by atoms with E-state index in [1.807, 2.05) is 0 Å². The van der Waals surface area contributed by atoms with Crippen molar-refractivity contribution in [2.45, 2.75) is 56.7 Å². The number of hydrogen-bond donors (Lipinski definition) is 3. The van der Waals surface area contributed by atoms with E-state index in [0.717, 1.165) is 15.6 Å². The number of nitrogens with zero attached hydrogens (tertiary/aromatic N) is 4. The molecule has 34 heavy (non-hydrogen) atoms. The molecule has 0 aromatic carbocycles. The molecule has 13 nitrogen and oxygen atoms in total. The molecule has 3 fully saturated rings. The number of carbonyl (C=O) groups excluding carboxylic acids is 2. The van der Waals surface area contributed by atoms with Crippen molar-refractivity contribution in [1.29, 1.82) is 0 Å². The third-order valence-electron chi connectivity index (χ3n) is 6.54. The van der Waals surface area contributed by atoms with Gasteiger partial charge in [-0.1, -0.05) is 5.16 Å². The molecule has 0 bridgehead atoms. The van der Waals surface area contributed by atoms with E-state index in [1.54, 1.807) is 6.92 Å². The second-order valence-electron chi connectivity index (χ2n) is 8.75. The molecule has 0 radical (unpaired) electrons. The van der Waals surface area contributed by atoms with E-state index < -0.39 is 45.7 Å². The number of hydrogen-bond acceptors (Lipinski definition) is 10. The van der Waals surface area contributed by atoms with Gasteiger partial charge in [-0.2, -0.15) is 12.7 Å². The van der Waals surface area contributed by atoms with Crippen LogP contribution in [-0.2, 0) is 29.5 Å². The quantitative estimate of drug-likeness (QED) is 0.219. The van der Waals surface area contributed by atoms with Crippen LogP contribution >= 0.6 is 11.3 Å². The molecule has 1 aliphatic carbocycles. The van der Waals surface area contributed by atoms with Gasteiger partial charge in [0.05, 0.1) is 0 Å². The van der Waals surface area contributed by atoms with Crippen molar-refractivity contribution in [2.24, 2.45) is 11.1 Å². The minimum Gasteiger partial charge on any atom is -0.478 e. The zero-order valence-electron chi connectivity index (χ0n) is 18.3. The van der Waals surface area contributed by atoms with E-state index in [9.17, 15) is 32.5 Å². The van der Waals surface area contributed by atoms with Crippen LogP contribution in [0.25, 0.3) is 0 Å². The molecule has 1 aromatic rings. The highest BCUT2D eigenvalue weighted by molar-refractivity contribution is 7.83. The van der Waals surface area contributed by atoms with Crippen molar-refractivity contribution in [3.63, 3.8) is 0 Å². The van der Waals surface area contributed by atoms with Gasteiger partial charge in [0.2, 0.25) is 11.5 Å². The minimum absolute atomic E-state index is 0.0513. The maximum Gasteiger partial charge on any atom is 0.350 e. The fraction of sp³-hybridized carbons (Fsp3) is 0.632. The Bertz CT molecular complexity index is 1150. The molecule has 1 aromatic heterocycles. The molecule has 1 unspecified atom stereocenters. The summed E-state index contributed by atoms with van der Waals surface area (Å²) in [5.41, 5.74) is 4.11. The van der Waals surface area contributed by atoms with E-state index in [-0.39, 0.29) is 48.3 Å². The predicted octanol–water partition coefficient (Wildman–Crippen LogP) is 0.137. The highest BCUT2D eigenvalue weighted by Gasteiger charge is 2.55. The third kappa shape index (κ3) is 4.64. The van der Waals surface area contributed by atoms with Crippen molar-refractivity contribution in [3.8, 4) is 0 Å². The van der Waals surface area contributed by atoms with Gasteiger partial charge < -0.3 is 20.6 Å². The van der Waals surface area contributed by atoms with Gasteiger partial charge in [0.15, 0.2) is 16.6 Å². The Kier molecular flexibility index (Phi) is 6.39. The van der Waals surface area contributed by atoms with Crippen LogP contribution in [0.2, 0.25) is 0 Å². The number of thiazole rings is 1. The smallest absolute Gasteiger partial charge is 0.350 e. The number of aliphatic carboxylic acids is 1. The fourth-order valence-corrected chi connectivity index (χ4v) is 6.15. The standard InChI is InChI=1S/C19H25N5O8S2/c1-10-11(13(24(10)34(29,30)31)8-23-6-2-3-15(23)26)7-14(25)16(12-9-33-18(20)21-12)22-32-19(4-5-19)17(27)28/h9-11,13H,2-8H2,1H3,(H2,20,21)(H,27,28)(H,29,30,31)/b22-16-/t10?,11-,13-/m1/s1. The summed E-state index contributed by atoms with van der Waals surface area (Å²) in [5.74, 6) is -2.38. The van der Waals surface area contributed by atoms with E-state index in [4.69, 9.17) is 10.6 Å². The second-order valence-corrected chi connectivity index (χ2v) is 11.0. The number of carboxylic acid groups (broad SMARTS) is 1. The van der Waals surface area contributed by atoms with Gasteiger partial charge in [-0.25, -0.2) is 9.78 Å². The molecule has 15 heteroatoms. The predicted molar refractivity (Wildman–Crippen MR) is 119 cm³/mol. The zero-order chi connectivity index (χ0) is 24.8. The Morgan fingerprint density at radius 1 is 1.41 bits per heavy atom.